The Morgan fingerprint density at radius 2 is 1.96 bits per heavy atom. The van der Waals surface area contributed by atoms with Crippen molar-refractivity contribution in [3.8, 4) is 5.75 Å². The normalized spacial score (nSPS) is 10.7. The highest BCUT2D eigenvalue weighted by atomic mass is 35.5. The maximum atomic E-state index is 12.7. The van der Waals surface area contributed by atoms with Gasteiger partial charge in [0.15, 0.2) is 0 Å². The smallest absolute Gasteiger partial charge is 0.286 e. The number of hydrogen-bond donors (Lipinski definition) is 2. The lowest BCUT2D eigenvalue weighted by Gasteiger charge is -2.12. The van der Waals surface area contributed by atoms with Crippen LogP contribution in [-0.4, -0.2) is 20.3 Å². The molecular weight excluding hydrogens is 377 g/mol. The molecule has 1 amide bonds. The molecule has 0 radical (unpaired) electrons. The highest BCUT2D eigenvalue weighted by Gasteiger charge is 2.15. The Kier molecular flexibility index (Phi) is 5.06. The summed E-state index contributed by atoms with van der Waals surface area (Å²) in [6.45, 7) is 0. The minimum absolute atomic E-state index is 0.0987. The number of hydrogen-bond acceptors (Lipinski definition) is 3. The first kappa shape index (κ1) is 18.1. The lowest BCUT2D eigenvalue weighted by Crippen LogP contribution is -2.35. The van der Waals surface area contributed by atoms with E-state index in [1.54, 1.807) is 48.1 Å². The number of aryl methyl sites for hydroxylation is 1. The molecule has 8 heteroatoms. The van der Waals surface area contributed by atoms with Crippen molar-refractivity contribution in [3.05, 3.63) is 86.0 Å². The van der Waals surface area contributed by atoms with Gasteiger partial charge in [-0.25, -0.2) is 4.68 Å². The Morgan fingerprint density at radius 3 is 2.62 bits per heavy atom. The largest absolute Gasteiger partial charge is 0.507 e. The van der Waals surface area contributed by atoms with Crippen LogP contribution >= 0.6 is 23.2 Å². The van der Waals surface area contributed by atoms with Crippen molar-refractivity contribution >= 4 is 29.1 Å². The summed E-state index contributed by atoms with van der Waals surface area (Å²) in [5.74, 6) is -0.619. The van der Waals surface area contributed by atoms with Gasteiger partial charge in [-0.3, -0.25) is 15.0 Å². The standard InChI is InChI=1S/C18H15Cl2N3O3/c1-22-7-2-3-15(22)17(25)21-23-8-6-16(24)13(18(23)26)9-11-4-5-12(19)10-14(11)20/h2-8,10,24H,9H2,1H3,(H,21,25). The molecule has 6 nitrogen and oxygen atoms in total. The van der Waals surface area contributed by atoms with E-state index in [0.29, 0.717) is 21.3 Å². The van der Waals surface area contributed by atoms with Gasteiger partial charge in [-0.2, -0.15) is 0 Å². The van der Waals surface area contributed by atoms with E-state index in [1.807, 2.05) is 0 Å². The van der Waals surface area contributed by atoms with Gasteiger partial charge in [-0.15, -0.1) is 0 Å². The number of pyridine rings is 1. The summed E-state index contributed by atoms with van der Waals surface area (Å²) in [6.07, 6.45) is 3.12. The predicted molar refractivity (Wildman–Crippen MR) is 101 cm³/mol. The maximum absolute atomic E-state index is 12.7. The molecule has 2 N–H and O–H groups in total. The van der Waals surface area contributed by atoms with Crippen LogP contribution in [0.4, 0.5) is 0 Å². The molecule has 0 aliphatic heterocycles. The van der Waals surface area contributed by atoms with Crippen LogP contribution in [0.3, 0.4) is 0 Å². The summed E-state index contributed by atoms with van der Waals surface area (Å²) in [7, 11) is 1.72. The average molecular weight is 392 g/mol. The van der Waals surface area contributed by atoms with Crippen molar-refractivity contribution in [1.29, 1.82) is 0 Å². The number of nitrogens with one attached hydrogen (secondary N) is 1. The van der Waals surface area contributed by atoms with Crippen LogP contribution in [0.1, 0.15) is 21.6 Å². The lowest BCUT2D eigenvalue weighted by molar-refractivity contribution is 0.0999. The zero-order chi connectivity index (χ0) is 18.8. The zero-order valence-electron chi connectivity index (χ0n) is 13.7. The number of carbonyl (C=O) groups excluding carboxylic acids is 1. The van der Waals surface area contributed by atoms with Gasteiger partial charge in [-0.05, 0) is 35.9 Å². The summed E-state index contributed by atoms with van der Waals surface area (Å²) in [6, 6.07) is 9.60. The third-order valence-electron chi connectivity index (χ3n) is 3.95. The predicted octanol–water partition coefficient (Wildman–Crippen LogP) is 3.17. The number of carbonyl (C=O) groups is 1. The number of nitrogens with zero attached hydrogens (tertiary/aromatic N) is 2. The Labute approximate surface area is 159 Å². The first-order valence-corrected chi connectivity index (χ1v) is 8.42. The van der Waals surface area contributed by atoms with Crippen molar-refractivity contribution in [1.82, 2.24) is 9.24 Å². The maximum Gasteiger partial charge on any atom is 0.286 e. The van der Waals surface area contributed by atoms with Crippen molar-refractivity contribution < 1.29 is 9.90 Å². The topological polar surface area (TPSA) is 76.3 Å². The number of halogens is 2. The van der Waals surface area contributed by atoms with Gasteiger partial charge in [0.2, 0.25) is 0 Å². The highest BCUT2D eigenvalue weighted by molar-refractivity contribution is 6.35. The molecule has 2 heterocycles. The van der Waals surface area contributed by atoms with Gasteiger partial charge in [0, 0.05) is 35.9 Å². The molecule has 3 aromatic rings. The summed E-state index contributed by atoms with van der Waals surface area (Å²) >= 11 is 12.0. The van der Waals surface area contributed by atoms with E-state index < -0.39 is 11.5 Å². The zero-order valence-corrected chi connectivity index (χ0v) is 15.3. The Morgan fingerprint density at radius 1 is 1.19 bits per heavy atom. The molecule has 0 aliphatic carbocycles. The number of amides is 1. The van der Waals surface area contributed by atoms with E-state index in [4.69, 9.17) is 23.2 Å². The third kappa shape index (κ3) is 3.61. The molecule has 0 bridgehead atoms. The van der Waals surface area contributed by atoms with Gasteiger partial charge < -0.3 is 9.67 Å². The quantitative estimate of drug-likeness (QED) is 0.716. The van der Waals surface area contributed by atoms with Crippen molar-refractivity contribution in [2.24, 2.45) is 7.05 Å². The van der Waals surface area contributed by atoms with Gasteiger partial charge in [-0.1, -0.05) is 29.3 Å². The monoisotopic (exact) mass is 391 g/mol. The first-order valence-electron chi connectivity index (χ1n) is 7.67. The van der Waals surface area contributed by atoms with Crippen LogP contribution in [0.15, 0.2) is 53.6 Å². The molecule has 0 unspecified atom stereocenters. The van der Waals surface area contributed by atoms with Crippen LogP contribution in [-0.2, 0) is 13.5 Å². The van der Waals surface area contributed by atoms with E-state index in [2.05, 4.69) is 5.43 Å². The van der Waals surface area contributed by atoms with E-state index in [9.17, 15) is 14.7 Å². The minimum Gasteiger partial charge on any atom is -0.507 e. The third-order valence-corrected chi connectivity index (χ3v) is 4.54. The summed E-state index contributed by atoms with van der Waals surface area (Å²) < 4.78 is 2.67. The second-order valence-electron chi connectivity index (χ2n) is 5.71. The molecule has 26 heavy (non-hydrogen) atoms. The highest BCUT2D eigenvalue weighted by Crippen LogP contribution is 2.25. The molecule has 1 aromatic carbocycles. The van der Waals surface area contributed by atoms with Crippen LogP contribution in [0.2, 0.25) is 10.0 Å². The van der Waals surface area contributed by atoms with Gasteiger partial charge in [0.05, 0.1) is 5.56 Å². The number of benzene rings is 1. The first-order chi connectivity index (χ1) is 12.4. The van der Waals surface area contributed by atoms with Gasteiger partial charge in [0.25, 0.3) is 11.5 Å². The fraction of sp³-hybridized carbons (Fsp3) is 0.111. The number of rotatable bonds is 4. The van der Waals surface area contributed by atoms with E-state index in [1.165, 1.54) is 12.3 Å². The Balaban J connectivity index is 1.93. The van der Waals surface area contributed by atoms with Crippen LogP contribution in [0.5, 0.6) is 5.75 Å². The number of aromatic hydroxyl groups is 1. The van der Waals surface area contributed by atoms with Gasteiger partial charge >= 0.3 is 0 Å². The van der Waals surface area contributed by atoms with E-state index in [0.717, 1.165) is 4.68 Å². The Bertz CT molecular complexity index is 1040. The van der Waals surface area contributed by atoms with Crippen LogP contribution in [0, 0.1) is 0 Å². The average Bonchev–Trinajstić information content (AvgIpc) is 3.02. The fourth-order valence-corrected chi connectivity index (χ4v) is 3.02. The van der Waals surface area contributed by atoms with Crippen LogP contribution < -0.4 is 11.0 Å². The van der Waals surface area contributed by atoms with E-state index >= 15 is 0 Å². The molecule has 0 saturated carbocycles. The number of aromatic nitrogens is 2. The van der Waals surface area contributed by atoms with Crippen molar-refractivity contribution in [2.75, 3.05) is 5.43 Å². The summed E-state index contributed by atoms with van der Waals surface area (Å²) in [4.78, 5) is 25.0. The fourth-order valence-electron chi connectivity index (χ4n) is 2.54. The Hall–Kier alpha value is -2.70. The molecule has 0 spiro atoms. The van der Waals surface area contributed by atoms with Crippen molar-refractivity contribution in [3.63, 3.8) is 0 Å². The molecular formula is C18H15Cl2N3O3. The summed E-state index contributed by atoms with van der Waals surface area (Å²) in [5, 5.41) is 10.9. The molecule has 0 saturated heterocycles. The molecule has 134 valence electrons. The van der Waals surface area contributed by atoms with Gasteiger partial charge in [0.1, 0.15) is 11.4 Å². The molecule has 3 rings (SSSR count). The molecule has 2 aromatic heterocycles. The second-order valence-corrected chi connectivity index (χ2v) is 6.56. The molecule has 0 fully saturated rings. The SMILES string of the molecule is Cn1cccc1C(=O)Nn1ccc(O)c(Cc2ccc(Cl)cc2Cl)c1=O. The lowest BCUT2D eigenvalue weighted by atomic mass is 10.1. The van der Waals surface area contributed by atoms with Crippen LogP contribution in [0.25, 0.3) is 0 Å². The van der Waals surface area contributed by atoms with Crippen molar-refractivity contribution in [2.45, 2.75) is 6.42 Å². The molecule has 0 aliphatic rings. The summed E-state index contributed by atoms with van der Waals surface area (Å²) in [5.41, 5.74) is 3.11. The minimum atomic E-state index is -0.543. The second kappa shape index (κ2) is 7.27. The van der Waals surface area contributed by atoms with E-state index in [-0.39, 0.29) is 17.7 Å². The molecule has 0 atom stereocenters.